The van der Waals surface area contributed by atoms with Crippen LogP contribution in [-0.4, -0.2) is 31.9 Å². The molecule has 0 bridgehead atoms. The third kappa shape index (κ3) is 3.33. The fraction of sp³-hybridized carbons (Fsp3) is 0.538. The smallest absolute Gasteiger partial charge is 0.280 e. The second kappa shape index (κ2) is 6.00. The van der Waals surface area contributed by atoms with Gasteiger partial charge in [-0.1, -0.05) is 31.2 Å². The number of nitrogens with zero attached hydrogens (tertiary/aromatic N) is 1. The fourth-order valence-corrected chi connectivity index (χ4v) is 3.73. The Kier molecular flexibility index (Phi) is 4.57. The number of fused-ring (bicyclic) bond motifs is 1. The van der Waals surface area contributed by atoms with Crippen LogP contribution in [0.2, 0.25) is 0 Å². The van der Waals surface area contributed by atoms with E-state index in [1.807, 2.05) is 25.1 Å². The highest BCUT2D eigenvalue weighted by Crippen LogP contribution is 2.20. The highest BCUT2D eigenvalue weighted by Gasteiger charge is 2.27. The van der Waals surface area contributed by atoms with E-state index in [1.165, 1.54) is 9.87 Å². The summed E-state index contributed by atoms with van der Waals surface area (Å²) in [5.41, 5.74) is 7.87. The molecule has 0 radical (unpaired) electrons. The molecule has 1 unspecified atom stereocenters. The Morgan fingerprint density at radius 2 is 2.05 bits per heavy atom. The summed E-state index contributed by atoms with van der Waals surface area (Å²) in [5, 5.41) is 0. The van der Waals surface area contributed by atoms with Gasteiger partial charge in [-0.05, 0) is 24.0 Å². The summed E-state index contributed by atoms with van der Waals surface area (Å²) in [6.07, 6.45) is 1.46. The normalized spacial score (nSPS) is 18.0. The molecule has 2 rings (SSSR count). The van der Waals surface area contributed by atoms with E-state index in [0.29, 0.717) is 26.1 Å². The van der Waals surface area contributed by atoms with Crippen LogP contribution < -0.4 is 10.5 Å². The number of hydrogen-bond acceptors (Lipinski definition) is 3. The van der Waals surface area contributed by atoms with E-state index < -0.39 is 10.2 Å². The van der Waals surface area contributed by atoms with Crippen molar-refractivity contribution in [2.75, 3.05) is 13.1 Å². The Bertz CT molecular complexity index is 526. The molecule has 0 saturated carbocycles. The molecular formula is C13H21N3O2S. The molecule has 1 aromatic rings. The zero-order valence-corrected chi connectivity index (χ0v) is 12.0. The summed E-state index contributed by atoms with van der Waals surface area (Å²) in [7, 11) is -3.45. The summed E-state index contributed by atoms with van der Waals surface area (Å²) in [5.74, 6) is 0. The van der Waals surface area contributed by atoms with Gasteiger partial charge in [0.1, 0.15) is 0 Å². The lowest BCUT2D eigenvalue weighted by molar-refractivity contribution is 0.377. The first-order valence-electron chi connectivity index (χ1n) is 6.61. The standard InChI is InChI=1S/C13H21N3O2S/c1-2-13(9-14)15-19(17,18)16-8-7-11-5-3-4-6-12(11)10-16/h3-6,13,15H,2,7-10,14H2,1H3. The van der Waals surface area contributed by atoms with Crippen molar-refractivity contribution in [3.8, 4) is 0 Å². The molecule has 1 heterocycles. The molecule has 0 spiro atoms. The van der Waals surface area contributed by atoms with Crippen molar-refractivity contribution in [1.82, 2.24) is 9.03 Å². The Balaban J connectivity index is 2.11. The van der Waals surface area contributed by atoms with Crippen molar-refractivity contribution in [2.45, 2.75) is 32.4 Å². The predicted molar refractivity (Wildman–Crippen MR) is 75.7 cm³/mol. The highest BCUT2D eigenvalue weighted by molar-refractivity contribution is 7.87. The van der Waals surface area contributed by atoms with Gasteiger partial charge in [-0.3, -0.25) is 0 Å². The fourth-order valence-electron chi connectivity index (χ4n) is 2.26. The van der Waals surface area contributed by atoms with E-state index in [-0.39, 0.29) is 6.04 Å². The molecule has 1 aliphatic rings. The second-order valence-electron chi connectivity index (χ2n) is 4.82. The molecular weight excluding hydrogens is 262 g/mol. The minimum Gasteiger partial charge on any atom is -0.329 e. The molecule has 1 aliphatic heterocycles. The van der Waals surface area contributed by atoms with Crippen molar-refractivity contribution in [3.63, 3.8) is 0 Å². The molecule has 19 heavy (non-hydrogen) atoms. The Morgan fingerprint density at radius 3 is 2.68 bits per heavy atom. The quantitative estimate of drug-likeness (QED) is 0.831. The lowest BCUT2D eigenvalue weighted by Gasteiger charge is -2.29. The average molecular weight is 283 g/mol. The van der Waals surface area contributed by atoms with Crippen molar-refractivity contribution in [3.05, 3.63) is 35.4 Å². The van der Waals surface area contributed by atoms with Crippen LogP contribution in [0.4, 0.5) is 0 Å². The molecule has 1 atom stereocenters. The van der Waals surface area contributed by atoms with Gasteiger partial charge in [0.05, 0.1) is 0 Å². The van der Waals surface area contributed by atoms with Gasteiger partial charge in [-0.25, -0.2) is 0 Å². The van der Waals surface area contributed by atoms with Crippen molar-refractivity contribution in [2.24, 2.45) is 5.73 Å². The van der Waals surface area contributed by atoms with Gasteiger partial charge in [0.15, 0.2) is 0 Å². The number of hydrogen-bond donors (Lipinski definition) is 2. The zero-order chi connectivity index (χ0) is 13.9. The summed E-state index contributed by atoms with van der Waals surface area (Å²) in [4.78, 5) is 0. The summed E-state index contributed by atoms with van der Waals surface area (Å²) >= 11 is 0. The minimum atomic E-state index is -3.45. The molecule has 3 N–H and O–H groups in total. The molecule has 1 aromatic carbocycles. The Morgan fingerprint density at radius 1 is 1.37 bits per heavy atom. The van der Waals surface area contributed by atoms with E-state index >= 15 is 0 Å². The number of nitrogens with one attached hydrogen (secondary N) is 1. The molecule has 106 valence electrons. The largest absolute Gasteiger partial charge is 0.329 e. The monoisotopic (exact) mass is 283 g/mol. The van der Waals surface area contributed by atoms with E-state index in [0.717, 1.165) is 12.0 Å². The maximum atomic E-state index is 12.3. The summed E-state index contributed by atoms with van der Waals surface area (Å²) in [6.45, 7) is 3.20. The third-order valence-corrected chi connectivity index (χ3v) is 5.15. The molecule has 0 aliphatic carbocycles. The molecule has 0 saturated heterocycles. The van der Waals surface area contributed by atoms with Gasteiger partial charge in [-0.2, -0.15) is 17.4 Å². The minimum absolute atomic E-state index is 0.192. The molecule has 0 fully saturated rings. The molecule has 0 aromatic heterocycles. The van der Waals surface area contributed by atoms with Crippen LogP contribution in [0.5, 0.6) is 0 Å². The van der Waals surface area contributed by atoms with Gasteiger partial charge in [0.25, 0.3) is 10.2 Å². The number of rotatable bonds is 5. The van der Waals surface area contributed by atoms with Crippen LogP contribution in [0.15, 0.2) is 24.3 Å². The zero-order valence-electron chi connectivity index (χ0n) is 11.2. The van der Waals surface area contributed by atoms with E-state index in [4.69, 9.17) is 5.73 Å². The van der Waals surface area contributed by atoms with Crippen molar-refractivity contribution in [1.29, 1.82) is 0 Å². The topological polar surface area (TPSA) is 75.4 Å². The Hall–Kier alpha value is -0.950. The second-order valence-corrected chi connectivity index (χ2v) is 6.52. The van der Waals surface area contributed by atoms with Gasteiger partial charge in [0, 0.05) is 25.7 Å². The van der Waals surface area contributed by atoms with Crippen molar-refractivity contribution >= 4 is 10.2 Å². The van der Waals surface area contributed by atoms with Crippen LogP contribution in [0.25, 0.3) is 0 Å². The lowest BCUT2D eigenvalue weighted by Crippen LogP contribution is -2.49. The Labute approximate surface area is 115 Å². The number of benzene rings is 1. The van der Waals surface area contributed by atoms with Crippen LogP contribution in [0, 0.1) is 0 Å². The highest BCUT2D eigenvalue weighted by atomic mass is 32.2. The maximum Gasteiger partial charge on any atom is 0.280 e. The van der Waals surface area contributed by atoms with Gasteiger partial charge in [0.2, 0.25) is 0 Å². The predicted octanol–water partition coefficient (Wildman–Crippen LogP) is 0.616. The van der Waals surface area contributed by atoms with Crippen LogP contribution in [0.3, 0.4) is 0 Å². The van der Waals surface area contributed by atoms with E-state index in [2.05, 4.69) is 10.8 Å². The van der Waals surface area contributed by atoms with Gasteiger partial charge in [-0.15, -0.1) is 0 Å². The first kappa shape index (κ1) is 14.5. The van der Waals surface area contributed by atoms with Crippen molar-refractivity contribution < 1.29 is 8.42 Å². The van der Waals surface area contributed by atoms with E-state index in [1.54, 1.807) is 0 Å². The molecule has 6 heteroatoms. The third-order valence-electron chi connectivity index (χ3n) is 3.53. The summed E-state index contributed by atoms with van der Waals surface area (Å²) < 4.78 is 28.7. The van der Waals surface area contributed by atoms with Gasteiger partial charge >= 0.3 is 0 Å². The molecule has 0 amide bonds. The van der Waals surface area contributed by atoms with Crippen LogP contribution >= 0.6 is 0 Å². The number of nitrogens with two attached hydrogens (primary N) is 1. The molecule has 5 nitrogen and oxygen atoms in total. The van der Waals surface area contributed by atoms with Crippen LogP contribution in [0.1, 0.15) is 24.5 Å². The lowest BCUT2D eigenvalue weighted by atomic mass is 10.0. The first-order valence-corrected chi connectivity index (χ1v) is 8.05. The maximum absolute atomic E-state index is 12.3. The van der Waals surface area contributed by atoms with Crippen LogP contribution in [-0.2, 0) is 23.2 Å². The van der Waals surface area contributed by atoms with E-state index in [9.17, 15) is 8.42 Å². The average Bonchev–Trinajstić information content (AvgIpc) is 2.44. The van der Waals surface area contributed by atoms with Gasteiger partial charge < -0.3 is 5.73 Å². The summed E-state index contributed by atoms with van der Waals surface area (Å²) in [6, 6.07) is 7.78. The first-order chi connectivity index (χ1) is 9.06. The SMILES string of the molecule is CCC(CN)NS(=O)(=O)N1CCc2ccccc2C1.